The number of nitrogens with one attached hydrogen (secondary N) is 1. The average Bonchev–Trinajstić information content (AvgIpc) is 2.63. The molecule has 1 aliphatic rings. The number of hydrogen-bond acceptors (Lipinski definition) is 7. The molecule has 1 fully saturated rings. The van der Waals surface area contributed by atoms with E-state index in [9.17, 15) is 14.9 Å². The summed E-state index contributed by atoms with van der Waals surface area (Å²) in [6.45, 7) is 2.96. The van der Waals surface area contributed by atoms with E-state index >= 15 is 0 Å². The molecule has 2 rings (SSSR count). The summed E-state index contributed by atoms with van der Waals surface area (Å²) in [6, 6.07) is 3.55. The topological polar surface area (TPSA) is 108 Å². The van der Waals surface area contributed by atoms with Crippen LogP contribution in [0.25, 0.3) is 0 Å². The number of nitrogens with zero attached hydrogens (tertiary/aromatic N) is 4. The Balaban J connectivity index is 1.93. The summed E-state index contributed by atoms with van der Waals surface area (Å²) in [6.07, 6.45) is 5.49. The molecular formula is C16H19N5O3. The standard InChI is InChI=1S/C16H19N5O3/c1-2-24-15(23)12-4-8-21(9-5-12)14(22)13(10-17)11-20-16-18-6-3-7-19-16/h3,6-7,11-12H,2,4-5,8-9H2,1H3,(H,18,19,20)/b13-11-. The maximum absolute atomic E-state index is 12.4. The van der Waals surface area contributed by atoms with Crippen LogP contribution in [0.4, 0.5) is 5.95 Å². The molecule has 0 spiro atoms. The van der Waals surface area contributed by atoms with Crippen molar-refractivity contribution in [2.75, 3.05) is 25.0 Å². The summed E-state index contributed by atoms with van der Waals surface area (Å²) in [5.41, 5.74) is -0.0305. The second-order valence-corrected chi connectivity index (χ2v) is 5.21. The zero-order valence-corrected chi connectivity index (χ0v) is 13.4. The van der Waals surface area contributed by atoms with Crippen LogP contribution < -0.4 is 5.32 Å². The van der Waals surface area contributed by atoms with E-state index in [2.05, 4.69) is 15.3 Å². The van der Waals surface area contributed by atoms with Crippen molar-refractivity contribution in [3.63, 3.8) is 0 Å². The monoisotopic (exact) mass is 329 g/mol. The van der Waals surface area contributed by atoms with Crippen molar-refractivity contribution in [3.05, 3.63) is 30.2 Å². The van der Waals surface area contributed by atoms with Gasteiger partial charge in [0.2, 0.25) is 5.95 Å². The highest BCUT2D eigenvalue weighted by Crippen LogP contribution is 2.20. The zero-order valence-electron chi connectivity index (χ0n) is 13.4. The second kappa shape index (κ2) is 8.62. The average molecular weight is 329 g/mol. The fourth-order valence-corrected chi connectivity index (χ4v) is 2.40. The number of likely N-dealkylation sites (tertiary alicyclic amines) is 1. The Morgan fingerprint density at radius 3 is 2.67 bits per heavy atom. The predicted octanol–water partition coefficient (Wildman–Crippen LogP) is 1.10. The molecule has 0 saturated carbocycles. The molecule has 0 atom stereocenters. The Morgan fingerprint density at radius 2 is 2.08 bits per heavy atom. The molecule has 24 heavy (non-hydrogen) atoms. The lowest BCUT2D eigenvalue weighted by Crippen LogP contribution is -2.41. The van der Waals surface area contributed by atoms with Gasteiger partial charge in [0.05, 0.1) is 12.5 Å². The van der Waals surface area contributed by atoms with Crippen LogP contribution in [0.1, 0.15) is 19.8 Å². The lowest BCUT2D eigenvalue weighted by molar-refractivity contribution is -0.150. The van der Waals surface area contributed by atoms with Crippen LogP contribution in [0.2, 0.25) is 0 Å². The number of esters is 1. The number of aromatic nitrogens is 2. The van der Waals surface area contributed by atoms with Crippen molar-refractivity contribution in [1.29, 1.82) is 5.26 Å². The Labute approximate surface area is 140 Å². The highest BCUT2D eigenvalue weighted by Gasteiger charge is 2.29. The van der Waals surface area contributed by atoms with Crippen LogP contribution in [-0.4, -0.2) is 46.4 Å². The van der Waals surface area contributed by atoms with Gasteiger partial charge in [0.1, 0.15) is 11.6 Å². The van der Waals surface area contributed by atoms with Crippen molar-refractivity contribution in [2.45, 2.75) is 19.8 Å². The predicted molar refractivity (Wildman–Crippen MR) is 85.3 cm³/mol. The molecule has 1 aliphatic heterocycles. The lowest BCUT2D eigenvalue weighted by Gasteiger charge is -2.30. The molecule has 0 radical (unpaired) electrons. The highest BCUT2D eigenvalue weighted by atomic mass is 16.5. The van der Waals surface area contributed by atoms with E-state index in [1.807, 2.05) is 6.07 Å². The first-order valence-corrected chi connectivity index (χ1v) is 7.75. The number of hydrogen-bond donors (Lipinski definition) is 1. The number of anilines is 1. The Kier molecular flexibility index (Phi) is 6.25. The maximum Gasteiger partial charge on any atom is 0.309 e. The van der Waals surface area contributed by atoms with Gasteiger partial charge in [-0.25, -0.2) is 9.97 Å². The fourth-order valence-electron chi connectivity index (χ4n) is 2.40. The molecule has 0 bridgehead atoms. The molecule has 8 nitrogen and oxygen atoms in total. The van der Waals surface area contributed by atoms with Gasteiger partial charge in [-0.1, -0.05) is 0 Å². The van der Waals surface area contributed by atoms with Gasteiger partial charge in [0.15, 0.2) is 0 Å². The quantitative estimate of drug-likeness (QED) is 0.489. The molecule has 0 aliphatic carbocycles. The number of carbonyl (C=O) groups is 2. The van der Waals surface area contributed by atoms with Gasteiger partial charge >= 0.3 is 5.97 Å². The molecule has 1 saturated heterocycles. The van der Waals surface area contributed by atoms with Crippen molar-refractivity contribution in [3.8, 4) is 6.07 Å². The molecule has 2 heterocycles. The number of nitriles is 1. The summed E-state index contributed by atoms with van der Waals surface area (Å²) in [4.78, 5) is 33.6. The number of piperidine rings is 1. The minimum absolute atomic E-state index is 0.0305. The van der Waals surface area contributed by atoms with Gasteiger partial charge in [-0.15, -0.1) is 0 Å². The van der Waals surface area contributed by atoms with Crippen LogP contribution >= 0.6 is 0 Å². The van der Waals surface area contributed by atoms with E-state index in [4.69, 9.17) is 4.74 Å². The molecule has 8 heteroatoms. The summed E-state index contributed by atoms with van der Waals surface area (Å²) in [7, 11) is 0. The lowest BCUT2D eigenvalue weighted by atomic mass is 9.96. The minimum atomic E-state index is -0.372. The van der Waals surface area contributed by atoms with Crippen LogP contribution in [0.3, 0.4) is 0 Å². The van der Waals surface area contributed by atoms with E-state index in [-0.39, 0.29) is 23.4 Å². The molecule has 1 aromatic heterocycles. The third-order valence-electron chi connectivity index (χ3n) is 3.66. The highest BCUT2D eigenvalue weighted by molar-refractivity contribution is 5.97. The summed E-state index contributed by atoms with van der Waals surface area (Å²) in [5, 5.41) is 11.9. The number of carbonyl (C=O) groups excluding carboxylic acids is 2. The van der Waals surface area contributed by atoms with E-state index in [1.165, 1.54) is 6.20 Å². The molecular weight excluding hydrogens is 310 g/mol. The van der Waals surface area contributed by atoms with Gasteiger partial charge in [-0.05, 0) is 25.8 Å². The van der Waals surface area contributed by atoms with E-state index < -0.39 is 0 Å². The number of ether oxygens (including phenoxy) is 1. The van der Waals surface area contributed by atoms with Gasteiger partial charge in [0.25, 0.3) is 5.91 Å². The molecule has 1 amide bonds. The van der Waals surface area contributed by atoms with Crippen molar-refractivity contribution in [2.24, 2.45) is 5.92 Å². The minimum Gasteiger partial charge on any atom is -0.466 e. The first-order chi connectivity index (χ1) is 11.7. The number of rotatable bonds is 5. The van der Waals surface area contributed by atoms with Crippen LogP contribution in [0.15, 0.2) is 30.2 Å². The molecule has 126 valence electrons. The second-order valence-electron chi connectivity index (χ2n) is 5.21. The van der Waals surface area contributed by atoms with Gasteiger partial charge in [-0.3, -0.25) is 9.59 Å². The smallest absolute Gasteiger partial charge is 0.309 e. The van der Waals surface area contributed by atoms with Crippen molar-refractivity contribution < 1.29 is 14.3 Å². The third kappa shape index (κ3) is 4.52. The normalized spacial score (nSPS) is 15.5. The van der Waals surface area contributed by atoms with Crippen molar-refractivity contribution in [1.82, 2.24) is 14.9 Å². The zero-order chi connectivity index (χ0) is 17.4. The summed E-state index contributed by atoms with van der Waals surface area (Å²) < 4.78 is 5.00. The van der Waals surface area contributed by atoms with E-state index in [1.54, 1.807) is 30.3 Å². The Morgan fingerprint density at radius 1 is 1.42 bits per heavy atom. The molecule has 0 aromatic carbocycles. The van der Waals surface area contributed by atoms with E-state index in [0.29, 0.717) is 38.5 Å². The molecule has 1 aromatic rings. The van der Waals surface area contributed by atoms with Gasteiger partial charge < -0.3 is 15.0 Å². The first kappa shape index (κ1) is 17.4. The third-order valence-corrected chi connectivity index (χ3v) is 3.66. The first-order valence-electron chi connectivity index (χ1n) is 7.75. The number of amides is 1. The largest absolute Gasteiger partial charge is 0.466 e. The maximum atomic E-state index is 12.4. The summed E-state index contributed by atoms with van der Waals surface area (Å²) >= 11 is 0. The van der Waals surface area contributed by atoms with Crippen molar-refractivity contribution >= 4 is 17.8 Å². The van der Waals surface area contributed by atoms with Crippen LogP contribution in [0, 0.1) is 17.2 Å². The Bertz CT molecular complexity index is 645. The van der Waals surface area contributed by atoms with E-state index in [0.717, 1.165) is 0 Å². The fraction of sp³-hybridized carbons (Fsp3) is 0.438. The van der Waals surface area contributed by atoms with Gasteiger partial charge in [-0.2, -0.15) is 5.26 Å². The SMILES string of the molecule is CCOC(=O)C1CCN(C(=O)/C(C#N)=C\Nc2ncccn2)CC1. The summed E-state index contributed by atoms with van der Waals surface area (Å²) in [5.74, 6) is -0.467. The van der Waals surface area contributed by atoms with Crippen LogP contribution in [-0.2, 0) is 14.3 Å². The molecule has 0 unspecified atom stereocenters. The van der Waals surface area contributed by atoms with Gasteiger partial charge in [0, 0.05) is 31.7 Å². The Hall–Kier alpha value is -2.95. The molecule has 1 N–H and O–H groups in total. The van der Waals surface area contributed by atoms with Crippen LogP contribution in [0.5, 0.6) is 0 Å².